The zero-order chi connectivity index (χ0) is 18.3. The van der Waals surface area contributed by atoms with Crippen LogP contribution in [0.5, 0.6) is 0 Å². The van der Waals surface area contributed by atoms with Crippen molar-refractivity contribution in [1.82, 2.24) is 15.6 Å². The van der Waals surface area contributed by atoms with Gasteiger partial charge in [0.25, 0.3) is 5.91 Å². The molecule has 0 bridgehead atoms. The summed E-state index contributed by atoms with van der Waals surface area (Å²) in [5.41, 5.74) is 0.629. The van der Waals surface area contributed by atoms with Crippen LogP contribution in [0.3, 0.4) is 0 Å². The average molecular weight is 421 g/mol. The summed E-state index contributed by atoms with van der Waals surface area (Å²) in [6.45, 7) is 10.5. The van der Waals surface area contributed by atoms with Crippen LogP contribution in [0.1, 0.15) is 44.0 Å². The molecule has 2 heterocycles. The third kappa shape index (κ3) is 7.11. The molecule has 2 rings (SSSR count). The van der Waals surface area contributed by atoms with Crippen molar-refractivity contribution < 1.29 is 9.53 Å². The molecule has 1 fully saturated rings. The third-order valence-electron chi connectivity index (χ3n) is 5.01. The highest BCUT2D eigenvalue weighted by atomic mass is 35.5. The summed E-state index contributed by atoms with van der Waals surface area (Å²) in [4.78, 5) is 19.2. The Kier molecular flexibility index (Phi) is 11.9. The molecule has 0 unspecified atom stereocenters. The molecule has 1 saturated heterocycles. The molecule has 0 spiro atoms. The second kappa shape index (κ2) is 12.4. The van der Waals surface area contributed by atoms with Gasteiger partial charge in [-0.3, -0.25) is 4.79 Å². The van der Waals surface area contributed by atoms with Crippen molar-refractivity contribution in [3.05, 3.63) is 23.9 Å². The topological polar surface area (TPSA) is 66.5 Å². The van der Waals surface area contributed by atoms with E-state index in [0.717, 1.165) is 38.3 Å². The van der Waals surface area contributed by atoms with Gasteiger partial charge in [-0.15, -0.1) is 24.8 Å². The van der Waals surface area contributed by atoms with E-state index < -0.39 is 0 Å². The van der Waals surface area contributed by atoms with Crippen molar-refractivity contribution in [2.75, 3.05) is 44.8 Å². The van der Waals surface area contributed by atoms with Gasteiger partial charge < -0.3 is 20.3 Å². The van der Waals surface area contributed by atoms with Crippen LogP contribution in [0.15, 0.2) is 18.3 Å². The zero-order valence-corrected chi connectivity index (χ0v) is 18.4. The highest BCUT2D eigenvalue weighted by Gasteiger charge is 2.32. The normalized spacial score (nSPS) is 15.4. The van der Waals surface area contributed by atoms with Gasteiger partial charge in [-0.25, -0.2) is 4.98 Å². The van der Waals surface area contributed by atoms with Gasteiger partial charge in [0.05, 0.1) is 12.2 Å². The minimum Gasteiger partial charge on any atom is -0.384 e. The molecule has 1 aromatic rings. The number of hydrogen-bond acceptors (Lipinski definition) is 5. The largest absolute Gasteiger partial charge is 0.384 e. The minimum absolute atomic E-state index is 0. The maximum Gasteiger partial charge on any atom is 0.252 e. The number of methoxy groups -OCH3 is 1. The van der Waals surface area contributed by atoms with Crippen LogP contribution in [0, 0.1) is 5.41 Å². The molecule has 1 aliphatic heterocycles. The van der Waals surface area contributed by atoms with E-state index in [1.54, 1.807) is 13.3 Å². The standard InChI is InChI=1S/C19H32N4O2.2ClH/c1-5-23(15(2)3)17-7-6-16(12-21-17)18(24)22-13-19(14-25-4)8-10-20-11-9-19;;/h6-7,12,15,20H,5,8-11,13-14H2,1-4H3,(H,22,24);2*1H. The number of aromatic nitrogens is 1. The second-order valence-electron chi connectivity index (χ2n) is 7.15. The molecule has 156 valence electrons. The number of ether oxygens (including phenoxy) is 1. The van der Waals surface area contributed by atoms with Crippen LogP contribution >= 0.6 is 24.8 Å². The first kappa shape index (κ1) is 25.9. The number of anilines is 1. The van der Waals surface area contributed by atoms with Gasteiger partial charge in [-0.1, -0.05) is 0 Å². The van der Waals surface area contributed by atoms with E-state index in [-0.39, 0.29) is 36.1 Å². The monoisotopic (exact) mass is 420 g/mol. The number of nitrogens with one attached hydrogen (secondary N) is 2. The van der Waals surface area contributed by atoms with Crippen molar-refractivity contribution in [2.24, 2.45) is 5.41 Å². The van der Waals surface area contributed by atoms with Gasteiger partial charge in [0.2, 0.25) is 0 Å². The Morgan fingerprint density at radius 3 is 2.48 bits per heavy atom. The van der Waals surface area contributed by atoms with E-state index in [2.05, 4.69) is 41.3 Å². The minimum atomic E-state index is -0.0688. The van der Waals surface area contributed by atoms with Crippen LogP contribution in [0.25, 0.3) is 0 Å². The molecule has 0 radical (unpaired) electrons. The summed E-state index contributed by atoms with van der Waals surface area (Å²) in [6, 6.07) is 4.16. The van der Waals surface area contributed by atoms with E-state index in [0.29, 0.717) is 24.8 Å². The second-order valence-corrected chi connectivity index (χ2v) is 7.15. The van der Waals surface area contributed by atoms with Crippen LogP contribution < -0.4 is 15.5 Å². The highest BCUT2D eigenvalue weighted by molar-refractivity contribution is 5.94. The Labute approximate surface area is 175 Å². The van der Waals surface area contributed by atoms with E-state index >= 15 is 0 Å². The predicted octanol–water partition coefficient (Wildman–Crippen LogP) is 2.91. The Balaban J connectivity index is 0.00000338. The van der Waals surface area contributed by atoms with Crippen LogP contribution in [-0.4, -0.2) is 56.8 Å². The number of halogens is 2. The first-order chi connectivity index (χ1) is 12.0. The van der Waals surface area contributed by atoms with Crippen molar-refractivity contribution in [2.45, 2.75) is 39.7 Å². The lowest BCUT2D eigenvalue weighted by Gasteiger charge is -2.37. The van der Waals surface area contributed by atoms with Crippen molar-refractivity contribution in [3.63, 3.8) is 0 Å². The van der Waals surface area contributed by atoms with Gasteiger partial charge in [-0.2, -0.15) is 0 Å². The van der Waals surface area contributed by atoms with Crippen molar-refractivity contribution in [3.8, 4) is 0 Å². The summed E-state index contributed by atoms with van der Waals surface area (Å²) in [7, 11) is 1.72. The fourth-order valence-corrected chi connectivity index (χ4v) is 3.49. The molecular weight excluding hydrogens is 387 g/mol. The highest BCUT2D eigenvalue weighted by Crippen LogP contribution is 2.28. The average Bonchev–Trinajstić information content (AvgIpc) is 2.62. The number of rotatable bonds is 8. The maximum absolute atomic E-state index is 12.5. The fourth-order valence-electron chi connectivity index (χ4n) is 3.49. The first-order valence-electron chi connectivity index (χ1n) is 9.22. The van der Waals surface area contributed by atoms with E-state index in [4.69, 9.17) is 4.74 Å². The summed E-state index contributed by atoms with van der Waals surface area (Å²) >= 11 is 0. The lowest BCUT2D eigenvalue weighted by Crippen LogP contribution is -2.47. The Bertz CT molecular complexity index is 544. The number of carbonyl (C=O) groups is 1. The Hall–Kier alpha value is -1.08. The number of piperidine rings is 1. The molecule has 2 N–H and O–H groups in total. The van der Waals surface area contributed by atoms with Gasteiger partial charge in [-0.05, 0) is 58.8 Å². The van der Waals surface area contributed by atoms with Crippen molar-refractivity contribution >= 4 is 36.5 Å². The summed E-state index contributed by atoms with van der Waals surface area (Å²) in [5.74, 6) is 0.837. The third-order valence-corrected chi connectivity index (χ3v) is 5.01. The van der Waals surface area contributed by atoms with Crippen LogP contribution in [0.4, 0.5) is 5.82 Å². The van der Waals surface area contributed by atoms with E-state index in [1.807, 2.05) is 12.1 Å². The summed E-state index contributed by atoms with van der Waals surface area (Å²) in [6.07, 6.45) is 3.69. The smallest absolute Gasteiger partial charge is 0.252 e. The van der Waals surface area contributed by atoms with Gasteiger partial charge in [0.1, 0.15) is 5.82 Å². The number of amides is 1. The predicted molar refractivity (Wildman–Crippen MR) is 116 cm³/mol. The van der Waals surface area contributed by atoms with Gasteiger partial charge in [0.15, 0.2) is 0 Å². The Morgan fingerprint density at radius 2 is 2.00 bits per heavy atom. The fraction of sp³-hybridized carbons (Fsp3) is 0.684. The quantitative estimate of drug-likeness (QED) is 0.676. The lowest BCUT2D eigenvalue weighted by atomic mass is 9.79. The number of carbonyl (C=O) groups excluding carboxylic acids is 1. The molecule has 0 atom stereocenters. The van der Waals surface area contributed by atoms with Gasteiger partial charge in [0, 0.05) is 37.9 Å². The molecule has 8 heteroatoms. The maximum atomic E-state index is 12.5. The van der Waals surface area contributed by atoms with E-state index in [1.165, 1.54) is 0 Å². The molecule has 1 aliphatic rings. The molecular formula is C19H34Cl2N4O2. The van der Waals surface area contributed by atoms with Gasteiger partial charge >= 0.3 is 0 Å². The number of pyridine rings is 1. The molecule has 1 aromatic heterocycles. The molecule has 1 amide bonds. The first-order valence-corrected chi connectivity index (χ1v) is 9.22. The summed E-state index contributed by atoms with van der Waals surface area (Å²) in [5, 5.41) is 6.45. The summed E-state index contributed by atoms with van der Waals surface area (Å²) < 4.78 is 5.40. The molecule has 0 saturated carbocycles. The number of nitrogens with zero attached hydrogens (tertiary/aromatic N) is 2. The molecule has 27 heavy (non-hydrogen) atoms. The number of hydrogen-bond donors (Lipinski definition) is 2. The molecule has 6 nitrogen and oxygen atoms in total. The molecule has 0 aromatic carbocycles. The zero-order valence-electron chi connectivity index (χ0n) is 16.8. The SMILES string of the molecule is CCN(c1ccc(C(=O)NCC2(COC)CCNCC2)cn1)C(C)C.Cl.Cl. The van der Waals surface area contributed by atoms with E-state index in [9.17, 15) is 4.79 Å². The molecule has 0 aliphatic carbocycles. The van der Waals surface area contributed by atoms with Crippen molar-refractivity contribution in [1.29, 1.82) is 0 Å². The lowest BCUT2D eigenvalue weighted by molar-refractivity contribution is 0.0511. The van der Waals surface area contributed by atoms with Crippen LogP contribution in [0.2, 0.25) is 0 Å². The van der Waals surface area contributed by atoms with Crippen LogP contribution in [-0.2, 0) is 4.74 Å². The Morgan fingerprint density at radius 1 is 1.33 bits per heavy atom.